The third-order valence-corrected chi connectivity index (χ3v) is 7.98. The van der Waals surface area contributed by atoms with Crippen LogP contribution < -0.4 is 0 Å². The highest BCUT2D eigenvalue weighted by Gasteiger charge is 2.31. The minimum atomic E-state index is -1.31. The predicted octanol–water partition coefficient (Wildman–Crippen LogP) is 6.49. The van der Waals surface area contributed by atoms with Gasteiger partial charge in [-0.25, -0.2) is 0 Å². The fourth-order valence-corrected chi connectivity index (χ4v) is 4.02. The van der Waals surface area contributed by atoms with E-state index < -0.39 is 8.07 Å². The lowest BCUT2D eigenvalue weighted by Gasteiger charge is -2.33. The van der Waals surface area contributed by atoms with E-state index in [-0.39, 0.29) is 12.2 Å². The summed E-state index contributed by atoms with van der Waals surface area (Å²) in [4.78, 5) is 0. The van der Waals surface area contributed by atoms with Gasteiger partial charge in [-0.1, -0.05) is 64.7 Å². The van der Waals surface area contributed by atoms with Gasteiger partial charge in [-0.05, 0) is 49.3 Å². The molecule has 0 aliphatic carbocycles. The highest BCUT2D eigenvalue weighted by Crippen LogP contribution is 2.38. The second-order valence-corrected chi connectivity index (χ2v) is 14.7. The van der Waals surface area contributed by atoms with Gasteiger partial charge in [0.25, 0.3) is 0 Å². The Hall–Kier alpha value is -0.643. The van der Waals surface area contributed by atoms with E-state index in [0.717, 1.165) is 12.3 Å². The number of hydrogen-bond acceptors (Lipinski definition) is 2. The molecule has 3 heteroatoms. The number of hydrogen-bond donors (Lipinski definition) is 0. The molecule has 0 aromatic heterocycles. The molecule has 0 N–H and O–H groups in total. The van der Waals surface area contributed by atoms with Gasteiger partial charge in [-0.3, -0.25) is 0 Å². The molecule has 0 bridgehead atoms. The maximum absolute atomic E-state index is 6.36. The molecule has 2 nitrogen and oxygen atoms in total. The number of ether oxygens (including phenoxy) is 2. The van der Waals surface area contributed by atoms with Gasteiger partial charge < -0.3 is 9.47 Å². The van der Waals surface area contributed by atoms with Gasteiger partial charge in [0.1, 0.15) is 0 Å². The van der Waals surface area contributed by atoms with Crippen LogP contribution in [0.4, 0.5) is 0 Å². The topological polar surface area (TPSA) is 18.5 Å². The van der Waals surface area contributed by atoms with Crippen LogP contribution in [0.2, 0.25) is 25.2 Å². The summed E-state index contributed by atoms with van der Waals surface area (Å²) in [5, 5.41) is 0. The summed E-state index contributed by atoms with van der Waals surface area (Å²) in [6, 6.07) is 9.06. The normalized spacial score (nSPS) is 15.0. The van der Waals surface area contributed by atoms with Crippen molar-refractivity contribution in [1.29, 1.82) is 0 Å². The molecule has 25 heavy (non-hydrogen) atoms. The average Bonchev–Trinajstić information content (AvgIpc) is 2.51. The fourth-order valence-electron chi connectivity index (χ4n) is 2.82. The third-order valence-electron chi connectivity index (χ3n) is 4.94. The highest BCUT2D eigenvalue weighted by atomic mass is 28.3. The van der Waals surface area contributed by atoms with Crippen LogP contribution >= 0.6 is 0 Å². The molecule has 144 valence electrons. The molecule has 1 aromatic rings. The van der Waals surface area contributed by atoms with Crippen LogP contribution in [0.5, 0.6) is 0 Å². The van der Waals surface area contributed by atoms with Gasteiger partial charge in [0.2, 0.25) is 0 Å². The van der Waals surface area contributed by atoms with Crippen molar-refractivity contribution < 1.29 is 9.47 Å². The van der Waals surface area contributed by atoms with Gasteiger partial charge in [-0.15, -0.1) is 0 Å². The van der Waals surface area contributed by atoms with E-state index in [4.69, 9.17) is 9.47 Å². The van der Waals surface area contributed by atoms with Crippen molar-refractivity contribution in [2.24, 2.45) is 5.92 Å². The molecule has 2 unspecified atom stereocenters. The molecule has 0 saturated carbocycles. The van der Waals surface area contributed by atoms with Crippen molar-refractivity contribution in [3.05, 3.63) is 35.4 Å². The molecular formula is C22H40O2Si. The molecule has 0 spiro atoms. The quantitative estimate of drug-likeness (QED) is 0.330. The Labute approximate surface area is 157 Å². The lowest BCUT2D eigenvalue weighted by molar-refractivity contribution is -0.0152. The van der Waals surface area contributed by atoms with Crippen LogP contribution in [-0.2, 0) is 15.9 Å². The molecular weight excluding hydrogens is 324 g/mol. The Kier molecular flexibility index (Phi) is 9.40. The third kappa shape index (κ3) is 8.52. The highest BCUT2D eigenvalue weighted by molar-refractivity contribution is 6.77. The van der Waals surface area contributed by atoms with Crippen LogP contribution in [0.1, 0.15) is 58.3 Å². The molecule has 1 rings (SSSR count). The molecule has 0 saturated heterocycles. The average molecular weight is 365 g/mol. The lowest BCUT2D eigenvalue weighted by Crippen LogP contribution is -2.32. The van der Waals surface area contributed by atoms with E-state index in [1.165, 1.54) is 17.5 Å². The molecule has 1 aromatic carbocycles. The Balaban J connectivity index is 2.88. The van der Waals surface area contributed by atoms with Gasteiger partial charge in [0.15, 0.2) is 0 Å². The number of rotatable bonds is 11. The fraction of sp³-hybridized carbons (Fsp3) is 0.727. The van der Waals surface area contributed by atoms with Crippen molar-refractivity contribution in [3.8, 4) is 0 Å². The standard InChI is InChI=1S/C22H40O2Si/c1-17(2)12-13-20-10-9-11-21(16-20)22(19(5)25(6,7)8)24-15-14-23-18(3)4/h9-11,16-19,22H,12-15H2,1-8H3. The summed E-state index contributed by atoms with van der Waals surface area (Å²) in [7, 11) is -1.31. The van der Waals surface area contributed by atoms with Crippen molar-refractivity contribution in [2.75, 3.05) is 13.2 Å². The summed E-state index contributed by atoms with van der Waals surface area (Å²) >= 11 is 0. The van der Waals surface area contributed by atoms with E-state index in [9.17, 15) is 0 Å². The maximum atomic E-state index is 6.36. The van der Waals surface area contributed by atoms with E-state index in [2.05, 4.69) is 78.5 Å². The molecule has 0 fully saturated rings. The predicted molar refractivity (Wildman–Crippen MR) is 112 cm³/mol. The first-order chi connectivity index (χ1) is 11.6. The zero-order valence-electron chi connectivity index (χ0n) is 17.8. The first-order valence-electron chi connectivity index (χ1n) is 9.93. The van der Waals surface area contributed by atoms with Gasteiger partial charge in [0.05, 0.1) is 33.5 Å². The second-order valence-electron chi connectivity index (χ2n) is 9.04. The second kappa shape index (κ2) is 10.5. The van der Waals surface area contributed by atoms with Crippen molar-refractivity contribution in [1.82, 2.24) is 0 Å². The Bertz CT molecular complexity index is 491. The van der Waals surface area contributed by atoms with Gasteiger partial charge in [0, 0.05) is 0 Å². The van der Waals surface area contributed by atoms with Crippen LogP contribution in [0.3, 0.4) is 0 Å². The first kappa shape index (κ1) is 22.4. The molecule has 0 radical (unpaired) electrons. The van der Waals surface area contributed by atoms with E-state index in [0.29, 0.717) is 18.8 Å². The molecule has 0 heterocycles. The summed E-state index contributed by atoms with van der Waals surface area (Å²) in [6.07, 6.45) is 2.81. The van der Waals surface area contributed by atoms with Crippen molar-refractivity contribution in [3.63, 3.8) is 0 Å². The van der Waals surface area contributed by atoms with Crippen LogP contribution in [0.25, 0.3) is 0 Å². The van der Waals surface area contributed by atoms with Crippen molar-refractivity contribution >= 4 is 8.07 Å². The van der Waals surface area contributed by atoms with Crippen LogP contribution in [0, 0.1) is 5.92 Å². The Morgan fingerprint density at radius 1 is 0.920 bits per heavy atom. The molecule has 2 atom stereocenters. The van der Waals surface area contributed by atoms with Crippen LogP contribution in [0.15, 0.2) is 24.3 Å². The largest absolute Gasteiger partial charge is 0.376 e. The van der Waals surface area contributed by atoms with Gasteiger partial charge >= 0.3 is 0 Å². The zero-order chi connectivity index (χ0) is 19.0. The SMILES string of the molecule is CC(C)CCc1cccc(C(OCCOC(C)C)C(C)[Si](C)(C)C)c1. The number of aryl methyl sites for hydroxylation is 1. The molecule has 0 aliphatic heterocycles. The Morgan fingerprint density at radius 3 is 2.12 bits per heavy atom. The zero-order valence-corrected chi connectivity index (χ0v) is 18.8. The Morgan fingerprint density at radius 2 is 1.56 bits per heavy atom. The first-order valence-corrected chi connectivity index (χ1v) is 13.5. The summed E-state index contributed by atoms with van der Waals surface area (Å²) in [5.41, 5.74) is 3.33. The molecule has 0 amide bonds. The minimum Gasteiger partial charge on any atom is -0.376 e. The van der Waals surface area contributed by atoms with Crippen LogP contribution in [-0.4, -0.2) is 27.4 Å². The monoisotopic (exact) mass is 364 g/mol. The minimum absolute atomic E-state index is 0.168. The van der Waals surface area contributed by atoms with Crippen molar-refractivity contribution in [2.45, 2.75) is 84.9 Å². The molecule has 0 aliphatic rings. The summed E-state index contributed by atoms with van der Waals surface area (Å²) < 4.78 is 12.0. The lowest BCUT2D eigenvalue weighted by atomic mass is 9.98. The summed E-state index contributed by atoms with van der Waals surface area (Å²) in [5.74, 6) is 0.741. The summed E-state index contributed by atoms with van der Waals surface area (Å²) in [6.45, 7) is 19.7. The number of benzene rings is 1. The maximum Gasteiger partial charge on any atom is 0.0828 e. The van der Waals surface area contributed by atoms with E-state index >= 15 is 0 Å². The smallest absolute Gasteiger partial charge is 0.0828 e. The van der Waals surface area contributed by atoms with E-state index in [1.54, 1.807) is 0 Å². The van der Waals surface area contributed by atoms with Gasteiger partial charge in [-0.2, -0.15) is 0 Å². The van der Waals surface area contributed by atoms with E-state index in [1.807, 2.05) is 0 Å².